The summed E-state index contributed by atoms with van der Waals surface area (Å²) in [7, 11) is 0. The molecule has 5 heteroatoms. The molecule has 0 fully saturated rings. The van der Waals surface area contributed by atoms with Crippen LogP contribution in [0.5, 0.6) is 0 Å². The molecule has 0 aliphatic carbocycles. The van der Waals surface area contributed by atoms with E-state index in [1.54, 1.807) is 30.3 Å². The van der Waals surface area contributed by atoms with Crippen LogP contribution in [0.4, 0.5) is 8.78 Å². The van der Waals surface area contributed by atoms with Crippen molar-refractivity contribution in [1.29, 1.82) is 0 Å². The van der Waals surface area contributed by atoms with E-state index in [4.69, 9.17) is 11.6 Å². The smallest absolute Gasteiger partial charge is 0.249 e. The lowest BCUT2D eigenvalue weighted by Crippen LogP contribution is -2.16. The number of aromatic nitrogens is 2. The largest absolute Gasteiger partial charge is 0.251 e. The fraction of sp³-hybridized carbons (Fsp3) is 0.176. The van der Waals surface area contributed by atoms with Crippen molar-refractivity contribution >= 4 is 22.6 Å². The van der Waals surface area contributed by atoms with Gasteiger partial charge in [-0.05, 0) is 31.2 Å². The first kappa shape index (κ1) is 14.9. The molecule has 0 aliphatic rings. The van der Waals surface area contributed by atoms with E-state index < -0.39 is 12.3 Å². The van der Waals surface area contributed by atoms with Crippen molar-refractivity contribution in [2.45, 2.75) is 19.3 Å². The van der Waals surface area contributed by atoms with E-state index >= 15 is 0 Å². The molecular weight excluding hydrogens is 306 g/mol. The third-order valence-corrected chi connectivity index (χ3v) is 3.49. The van der Waals surface area contributed by atoms with Crippen LogP contribution < -0.4 is 0 Å². The van der Waals surface area contributed by atoms with Gasteiger partial charge in [-0.25, -0.2) is 18.7 Å². The summed E-state index contributed by atoms with van der Waals surface area (Å²) in [6, 6.07) is 14.2. The number of benzene rings is 2. The summed E-state index contributed by atoms with van der Waals surface area (Å²) < 4.78 is 27.0. The Hall–Kier alpha value is -2.07. The van der Waals surface area contributed by atoms with E-state index in [1.165, 1.54) is 0 Å². The number of hydrogen-bond acceptors (Lipinski definition) is 2. The molecule has 3 rings (SSSR count). The Balaban J connectivity index is 2.20. The van der Waals surface area contributed by atoms with Gasteiger partial charge >= 0.3 is 0 Å². The summed E-state index contributed by atoms with van der Waals surface area (Å²) in [4.78, 5) is 8.90. The van der Waals surface area contributed by atoms with Gasteiger partial charge in [0.15, 0.2) is 0 Å². The number of hydrogen-bond donors (Lipinski definition) is 0. The zero-order valence-electron chi connectivity index (χ0n) is 11.9. The van der Waals surface area contributed by atoms with Gasteiger partial charge in [-0.1, -0.05) is 35.9 Å². The number of rotatable bonds is 3. The molecule has 2 aromatic carbocycles. The minimum absolute atomic E-state index is 0.286. The van der Waals surface area contributed by atoms with Gasteiger partial charge < -0.3 is 0 Å². The molecule has 0 amide bonds. The number of halogens is 3. The predicted octanol–water partition coefficient (Wildman–Crippen LogP) is 5.15. The molecule has 0 unspecified atom stereocenters. The third kappa shape index (κ3) is 3.22. The van der Waals surface area contributed by atoms with Gasteiger partial charge in [0.05, 0.1) is 28.8 Å². The average molecular weight is 319 g/mol. The van der Waals surface area contributed by atoms with E-state index in [2.05, 4.69) is 9.97 Å². The van der Waals surface area contributed by atoms with Crippen molar-refractivity contribution in [2.24, 2.45) is 0 Å². The minimum atomic E-state index is -2.85. The molecular formula is C17H13ClF2N2. The first-order valence-electron chi connectivity index (χ1n) is 6.82. The molecule has 0 N–H and O–H groups in total. The van der Waals surface area contributed by atoms with Crippen LogP contribution in [-0.2, 0) is 6.42 Å². The molecule has 1 heterocycles. The van der Waals surface area contributed by atoms with Gasteiger partial charge in [0.25, 0.3) is 5.92 Å². The van der Waals surface area contributed by atoms with E-state index in [9.17, 15) is 8.78 Å². The fourth-order valence-corrected chi connectivity index (χ4v) is 2.42. The van der Waals surface area contributed by atoms with Crippen LogP contribution in [0.2, 0.25) is 5.02 Å². The molecule has 0 bridgehead atoms. The van der Waals surface area contributed by atoms with Crippen molar-refractivity contribution in [1.82, 2.24) is 9.97 Å². The van der Waals surface area contributed by atoms with Crippen LogP contribution >= 0.6 is 11.6 Å². The highest BCUT2D eigenvalue weighted by Gasteiger charge is 2.25. The lowest BCUT2D eigenvalue weighted by Gasteiger charge is -2.14. The molecule has 22 heavy (non-hydrogen) atoms. The van der Waals surface area contributed by atoms with Crippen molar-refractivity contribution < 1.29 is 8.78 Å². The normalized spacial score (nSPS) is 11.8. The van der Waals surface area contributed by atoms with E-state index in [-0.39, 0.29) is 5.69 Å². The number of alkyl halides is 2. The second kappa shape index (κ2) is 5.61. The zero-order chi connectivity index (χ0) is 15.7. The van der Waals surface area contributed by atoms with Gasteiger partial charge in [-0.2, -0.15) is 0 Å². The number of para-hydroxylation sites is 2. The first-order chi connectivity index (χ1) is 10.4. The van der Waals surface area contributed by atoms with Gasteiger partial charge in [0, 0.05) is 10.6 Å². The molecule has 2 nitrogen and oxygen atoms in total. The average Bonchev–Trinajstić information content (AvgIpc) is 2.46. The van der Waals surface area contributed by atoms with Gasteiger partial charge in [0.1, 0.15) is 0 Å². The predicted molar refractivity (Wildman–Crippen MR) is 84.3 cm³/mol. The van der Waals surface area contributed by atoms with Crippen molar-refractivity contribution in [3.8, 4) is 11.3 Å². The van der Waals surface area contributed by atoms with Gasteiger partial charge in [-0.15, -0.1) is 0 Å². The maximum atomic E-state index is 13.5. The molecule has 0 atom stereocenters. The number of nitrogens with zero attached hydrogens (tertiary/aromatic N) is 2. The maximum Gasteiger partial charge on any atom is 0.251 e. The topological polar surface area (TPSA) is 25.8 Å². The Bertz CT molecular complexity index is 811. The van der Waals surface area contributed by atoms with Gasteiger partial charge in [-0.3, -0.25) is 0 Å². The highest BCUT2D eigenvalue weighted by atomic mass is 35.5. The number of fused-ring (bicyclic) bond motifs is 1. The SMILES string of the molecule is CC(F)(F)Cc1nc2ccccc2nc1-c1ccc(Cl)cc1. The fourth-order valence-electron chi connectivity index (χ4n) is 2.29. The van der Waals surface area contributed by atoms with Crippen molar-refractivity contribution in [3.05, 3.63) is 59.2 Å². The molecule has 112 valence electrons. The second-order valence-corrected chi connectivity index (χ2v) is 5.70. The lowest BCUT2D eigenvalue weighted by atomic mass is 10.1. The summed E-state index contributed by atoms with van der Waals surface area (Å²) >= 11 is 5.88. The minimum Gasteiger partial charge on any atom is -0.249 e. The summed E-state index contributed by atoms with van der Waals surface area (Å²) in [5.41, 5.74) is 2.77. The van der Waals surface area contributed by atoms with Crippen LogP contribution in [0.3, 0.4) is 0 Å². The molecule has 0 aliphatic heterocycles. The van der Waals surface area contributed by atoms with Crippen LogP contribution in [0.1, 0.15) is 12.6 Å². The highest BCUT2D eigenvalue weighted by Crippen LogP contribution is 2.28. The first-order valence-corrected chi connectivity index (χ1v) is 7.20. The van der Waals surface area contributed by atoms with E-state index in [1.807, 2.05) is 18.2 Å². The van der Waals surface area contributed by atoms with E-state index in [0.717, 1.165) is 12.5 Å². The molecule has 0 saturated carbocycles. The molecule has 0 radical (unpaired) electrons. The third-order valence-electron chi connectivity index (χ3n) is 3.24. The molecule has 0 saturated heterocycles. The van der Waals surface area contributed by atoms with Crippen LogP contribution in [0.15, 0.2) is 48.5 Å². The van der Waals surface area contributed by atoms with Crippen molar-refractivity contribution in [3.63, 3.8) is 0 Å². The summed E-state index contributed by atoms with van der Waals surface area (Å²) in [6.45, 7) is 0.884. The van der Waals surface area contributed by atoms with Crippen LogP contribution in [0.25, 0.3) is 22.3 Å². The van der Waals surface area contributed by atoms with Crippen molar-refractivity contribution in [2.75, 3.05) is 0 Å². The Labute approximate surface area is 131 Å². The molecule has 0 spiro atoms. The monoisotopic (exact) mass is 318 g/mol. The molecule has 1 aromatic heterocycles. The zero-order valence-corrected chi connectivity index (χ0v) is 12.6. The Kier molecular flexibility index (Phi) is 3.79. The Morgan fingerprint density at radius 2 is 1.55 bits per heavy atom. The Morgan fingerprint density at radius 3 is 2.14 bits per heavy atom. The quantitative estimate of drug-likeness (QED) is 0.667. The lowest BCUT2D eigenvalue weighted by molar-refractivity contribution is 0.0218. The Morgan fingerprint density at radius 1 is 0.955 bits per heavy atom. The summed E-state index contributed by atoms with van der Waals surface area (Å²) in [5, 5.41) is 0.583. The maximum absolute atomic E-state index is 13.5. The summed E-state index contributed by atoms with van der Waals surface area (Å²) in [5.74, 6) is -2.85. The highest BCUT2D eigenvalue weighted by molar-refractivity contribution is 6.30. The van der Waals surface area contributed by atoms with Crippen LogP contribution in [-0.4, -0.2) is 15.9 Å². The van der Waals surface area contributed by atoms with Gasteiger partial charge in [0.2, 0.25) is 0 Å². The van der Waals surface area contributed by atoms with E-state index in [0.29, 0.717) is 21.7 Å². The summed E-state index contributed by atoms with van der Waals surface area (Å²) in [6.07, 6.45) is -0.456. The molecule has 3 aromatic rings. The second-order valence-electron chi connectivity index (χ2n) is 5.26. The van der Waals surface area contributed by atoms with Crippen LogP contribution in [0, 0.1) is 0 Å². The standard InChI is InChI=1S/C17H13ClF2N2/c1-17(19,20)10-15-16(11-6-8-12(18)9-7-11)22-14-5-3-2-4-13(14)21-15/h2-9H,10H2,1H3.